The fourth-order valence-corrected chi connectivity index (χ4v) is 3.94. The third-order valence-corrected chi connectivity index (χ3v) is 6.05. The Morgan fingerprint density at radius 3 is 2.80 bits per heavy atom. The second-order valence-electron chi connectivity index (χ2n) is 8.17. The molecule has 3 N–H and O–H groups in total. The molecule has 9 nitrogen and oxygen atoms in total. The molecule has 1 amide bonds. The highest BCUT2D eigenvalue weighted by Crippen LogP contribution is 2.35. The zero-order valence-corrected chi connectivity index (χ0v) is 19.5. The van der Waals surface area contributed by atoms with Crippen molar-refractivity contribution in [2.45, 2.75) is 13.5 Å². The number of phenols is 1. The van der Waals surface area contributed by atoms with E-state index in [4.69, 9.17) is 4.74 Å². The average molecular weight is 469 g/mol. The largest absolute Gasteiger partial charge is 0.507 e. The van der Waals surface area contributed by atoms with Crippen molar-refractivity contribution in [2.24, 2.45) is 7.05 Å². The Kier molecular flexibility index (Phi) is 5.66. The Hall–Kier alpha value is -4.66. The number of imidazole rings is 1. The first-order valence-corrected chi connectivity index (χ1v) is 11.0. The van der Waals surface area contributed by atoms with Crippen molar-refractivity contribution in [3.8, 4) is 34.1 Å². The fourth-order valence-electron chi connectivity index (χ4n) is 3.94. The molecule has 0 saturated heterocycles. The van der Waals surface area contributed by atoms with Crippen molar-refractivity contribution in [3.05, 3.63) is 77.7 Å². The Morgan fingerprint density at radius 1 is 1.17 bits per heavy atom. The van der Waals surface area contributed by atoms with Crippen LogP contribution in [0.25, 0.3) is 33.5 Å². The summed E-state index contributed by atoms with van der Waals surface area (Å²) in [6, 6.07) is 14.2. The Labute approximate surface area is 201 Å². The highest BCUT2D eigenvalue weighted by molar-refractivity contribution is 5.97. The number of nitrogens with one attached hydrogen (secondary N) is 2. The third-order valence-electron chi connectivity index (χ3n) is 6.05. The van der Waals surface area contributed by atoms with E-state index in [1.807, 2.05) is 32.2 Å². The molecule has 35 heavy (non-hydrogen) atoms. The van der Waals surface area contributed by atoms with E-state index in [9.17, 15) is 9.90 Å². The molecule has 0 unspecified atom stereocenters. The normalized spacial score (nSPS) is 11.1. The van der Waals surface area contributed by atoms with E-state index in [-0.39, 0.29) is 11.7 Å². The van der Waals surface area contributed by atoms with Gasteiger partial charge in [0.25, 0.3) is 5.91 Å². The molecular formula is C26H24N6O3. The number of pyridine rings is 1. The van der Waals surface area contributed by atoms with Crippen LogP contribution in [-0.2, 0) is 13.6 Å². The summed E-state index contributed by atoms with van der Waals surface area (Å²) >= 11 is 0. The molecule has 3 aromatic heterocycles. The summed E-state index contributed by atoms with van der Waals surface area (Å²) < 4.78 is 7.15. The van der Waals surface area contributed by atoms with E-state index in [2.05, 4.69) is 25.4 Å². The molecule has 176 valence electrons. The van der Waals surface area contributed by atoms with Gasteiger partial charge in [-0.25, -0.2) is 9.97 Å². The van der Waals surface area contributed by atoms with Gasteiger partial charge < -0.3 is 20.1 Å². The molecule has 0 spiro atoms. The molecular weight excluding hydrogens is 444 g/mol. The monoisotopic (exact) mass is 468 g/mol. The number of phenolic OH excluding ortho intramolecular Hbond substituents is 1. The summed E-state index contributed by atoms with van der Waals surface area (Å²) in [5.41, 5.74) is 5.99. The van der Waals surface area contributed by atoms with Crippen molar-refractivity contribution in [1.29, 1.82) is 0 Å². The number of ether oxygens (including phenoxy) is 1. The summed E-state index contributed by atoms with van der Waals surface area (Å²) in [5.74, 6) is 0.866. The molecule has 0 radical (unpaired) electrons. The van der Waals surface area contributed by atoms with Crippen LogP contribution in [0.4, 0.5) is 0 Å². The maximum Gasteiger partial charge on any atom is 0.251 e. The number of rotatable bonds is 6. The zero-order valence-electron chi connectivity index (χ0n) is 19.5. The van der Waals surface area contributed by atoms with Gasteiger partial charge >= 0.3 is 0 Å². The van der Waals surface area contributed by atoms with Gasteiger partial charge in [-0.2, -0.15) is 5.10 Å². The van der Waals surface area contributed by atoms with Gasteiger partial charge in [0.15, 0.2) is 0 Å². The van der Waals surface area contributed by atoms with Gasteiger partial charge in [0.1, 0.15) is 11.6 Å². The third kappa shape index (κ3) is 4.19. The lowest BCUT2D eigenvalue weighted by atomic mass is 10.0. The topological polar surface area (TPSA) is 118 Å². The predicted octanol–water partition coefficient (Wildman–Crippen LogP) is 3.98. The van der Waals surface area contributed by atoms with E-state index in [1.54, 1.807) is 54.5 Å². The van der Waals surface area contributed by atoms with Crippen LogP contribution >= 0.6 is 0 Å². The SMILES string of the molecule is COc1ncccc1-c1ccc(O)c(-c2nc3cc(C(=O)NCc4cnn(C)c4C)ccc3[nH]2)c1. The molecule has 5 rings (SSSR count). The lowest BCUT2D eigenvalue weighted by Gasteiger charge is -2.09. The molecule has 5 aromatic rings. The fraction of sp³-hybridized carbons (Fsp3) is 0.154. The molecule has 3 heterocycles. The summed E-state index contributed by atoms with van der Waals surface area (Å²) in [6.45, 7) is 2.35. The average Bonchev–Trinajstić information content (AvgIpc) is 3.45. The van der Waals surface area contributed by atoms with Crippen LogP contribution < -0.4 is 10.1 Å². The number of H-pyrrole nitrogens is 1. The van der Waals surface area contributed by atoms with Gasteiger partial charge in [-0.1, -0.05) is 6.07 Å². The number of hydrogen-bond donors (Lipinski definition) is 3. The van der Waals surface area contributed by atoms with E-state index in [0.717, 1.165) is 27.9 Å². The van der Waals surface area contributed by atoms with Gasteiger partial charge in [-0.05, 0) is 55.0 Å². The number of hydrogen-bond acceptors (Lipinski definition) is 6. The Morgan fingerprint density at radius 2 is 2.03 bits per heavy atom. The number of methoxy groups -OCH3 is 1. The van der Waals surface area contributed by atoms with Crippen LogP contribution in [0.2, 0.25) is 0 Å². The summed E-state index contributed by atoms with van der Waals surface area (Å²) in [4.78, 5) is 24.9. The van der Waals surface area contributed by atoms with Crippen molar-refractivity contribution in [2.75, 3.05) is 7.11 Å². The highest BCUT2D eigenvalue weighted by Gasteiger charge is 2.15. The number of aromatic amines is 1. The maximum atomic E-state index is 12.7. The number of amides is 1. The first-order valence-electron chi connectivity index (χ1n) is 11.0. The summed E-state index contributed by atoms with van der Waals surface area (Å²) in [5, 5.41) is 17.7. The molecule has 0 fully saturated rings. The minimum absolute atomic E-state index is 0.0838. The quantitative estimate of drug-likeness (QED) is 0.347. The first kappa shape index (κ1) is 22.1. The highest BCUT2D eigenvalue weighted by atomic mass is 16.5. The molecule has 9 heteroatoms. The van der Waals surface area contributed by atoms with Crippen LogP contribution in [0.15, 0.2) is 60.9 Å². The number of fused-ring (bicyclic) bond motifs is 1. The Bertz CT molecular complexity index is 1550. The van der Waals surface area contributed by atoms with E-state index >= 15 is 0 Å². The summed E-state index contributed by atoms with van der Waals surface area (Å²) in [6.07, 6.45) is 3.41. The predicted molar refractivity (Wildman–Crippen MR) is 132 cm³/mol. The lowest BCUT2D eigenvalue weighted by Crippen LogP contribution is -2.23. The number of carbonyl (C=O) groups excluding carboxylic acids is 1. The number of carbonyl (C=O) groups is 1. The number of aryl methyl sites for hydroxylation is 1. The van der Waals surface area contributed by atoms with Gasteiger partial charge in [0.05, 0.1) is 29.9 Å². The number of aromatic hydroxyl groups is 1. The number of nitrogens with zero attached hydrogens (tertiary/aromatic N) is 4. The molecule has 0 bridgehead atoms. The molecule has 0 aliphatic carbocycles. The van der Waals surface area contributed by atoms with Gasteiger partial charge in [-0.15, -0.1) is 0 Å². The van der Waals surface area contributed by atoms with Crippen LogP contribution in [0, 0.1) is 6.92 Å². The second kappa shape index (κ2) is 8.94. The minimum Gasteiger partial charge on any atom is -0.507 e. The van der Waals surface area contributed by atoms with Gasteiger partial charge in [0, 0.05) is 42.2 Å². The van der Waals surface area contributed by atoms with Crippen molar-refractivity contribution >= 4 is 16.9 Å². The minimum atomic E-state index is -0.201. The lowest BCUT2D eigenvalue weighted by molar-refractivity contribution is 0.0951. The van der Waals surface area contributed by atoms with Crippen LogP contribution in [0.5, 0.6) is 11.6 Å². The van der Waals surface area contributed by atoms with Crippen LogP contribution in [-0.4, -0.2) is 42.9 Å². The molecule has 0 atom stereocenters. The van der Waals surface area contributed by atoms with E-state index in [0.29, 0.717) is 34.9 Å². The van der Waals surface area contributed by atoms with E-state index < -0.39 is 0 Å². The molecule has 0 saturated carbocycles. The molecule has 0 aliphatic heterocycles. The summed E-state index contributed by atoms with van der Waals surface area (Å²) in [7, 11) is 3.43. The second-order valence-corrected chi connectivity index (χ2v) is 8.17. The van der Waals surface area contributed by atoms with Crippen molar-refractivity contribution in [3.63, 3.8) is 0 Å². The zero-order chi connectivity index (χ0) is 24.5. The first-order chi connectivity index (χ1) is 16.9. The van der Waals surface area contributed by atoms with E-state index in [1.165, 1.54) is 0 Å². The van der Waals surface area contributed by atoms with Gasteiger partial charge in [0.2, 0.25) is 5.88 Å². The number of benzene rings is 2. The number of aromatic nitrogens is 5. The van der Waals surface area contributed by atoms with Gasteiger partial charge in [-0.3, -0.25) is 9.48 Å². The van der Waals surface area contributed by atoms with Crippen LogP contribution in [0.1, 0.15) is 21.6 Å². The van der Waals surface area contributed by atoms with Crippen molar-refractivity contribution < 1.29 is 14.6 Å². The maximum absolute atomic E-state index is 12.7. The van der Waals surface area contributed by atoms with Crippen molar-refractivity contribution in [1.82, 2.24) is 30.0 Å². The smallest absolute Gasteiger partial charge is 0.251 e. The van der Waals surface area contributed by atoms with Crippen LogP contribution in [0.3, 0.4) is 0 Å². The molecule has 0 aliphatic rings. The Balaban J connectivity index is 1.43. The standard InChI is InChI=1S/C26H24N6O3/c1-15-18(14-29-32(15)2)13-28-25(34)17-6-8-21-22(12-17)31-24(30-21)20-11-16(7-9-23(20)33)19-5-4-10-27-26(19)35-3/h4-12,14,33H,13H2,1-3H3,(H,28,34)(H,30,31). The molecule has 2 aromatic carbocycles.